The molecule has 0 saturated carbocycles. The highest BCUT2D eigenvalue weighted by atomic mass is 16.3. The average molecular weight is 314 g/mol. The van der Waals surface area contributed by atoms with E-state index < -0.39 is 0 Å². The number of hydrogen-bond acceptors (Lipinski definition) is 5. The lowest BCUT2D eigenvalue weighted by Crippen LogP contribution is -2.26. The number of nitrogens with one attached hydrogen (secondary N) is 1. The molecular weight excluding hydrogens is 292 g/mol. The normalized spacial score (nSPS) is 9.91. The lowest BCUT2D eigenvalue weighted by atomic mass is 9.99. The average Bonchev–Trinajstić information content (AvgIpc) is 3.06. The number of benzene rings is 1. The number of furan rings is 1. The molecule has 0 saturated heterocycles. The van der Waals surface area contributed by atoms with Crippen molar-refractivity contribution in [2.24, 2.45) is 11.7 Å². The Labute approximate surface area is 136 Å². The fraction of sp³-hybridized carbons (Fsp3) is 0.118. The van der Waals surface area contributed by atoms with Gasteiger partial charge in [-0.05, 0) is 42.8 Å². The molecule has 1 amide bonds. The molecule has 122 valence electrons. The molecule has 0 radical (unpaired) electrons. The standard InChI is InChI=1S/C16H18N2O.CH4N2O/c1-12(2)14-7-4-8-16(18(3)17)15(14)10-9-13-6-5-11-19-13;2-3-1-4/h4-11H,1,17H2,2-3H3;1H,2H2,(H,3,4)/b10-9+;. The number of amides is 1. The molecule has 0 bridgehead atoms. The SMILES string of the molecule is C=C(C)c1cccc(N(C)N)c1/C=C/c1ccco1.NNC=O. The second-order valence-corrected chi connectivity index (χ2v) is 4.76. The quantitative estimate of drug-likeness (QED) is 0.341. The van der Waals surface area contributed by atoms with Gasteiger partial charge < -0.3 is 9.43 Å². The van der Waals surface area contributed by atoms with Gasteiger partial charge in [0, 0.05) is 12.6 Å². The Hall–Kier alpha value is -2.83. The van der Waals surface area contributed by atoms with Crippen LogP contribution in [-0.4, -0.2) is 13.5 Å². The van der Waals surface area contributed by atoms with Gasteiger partial charge in [-0.25, -0.2) is 11.7 Å². The minimum Gasteiger partial charge on any atom is -0.465 e. The van der Waals surface area contributed by atoms with Crippen LogP contribution in [0.4, 0.5) is 5.69 Å². The minimum absolute atomic E-state index is 0.403. The third-order valence-electron chi connectivity index (χ3n) is 2.95. The number of nitrogens with two attached hydrogens (primary N) is 2. The first-order valence-electron chi connectivity index (χ1n) is 6.90. The van der Waals surface area contributed by atoms with Gasteiger partial charge in [-0.15, -0.1) is 0 Å². The minimum atomic E-state index is 0.403. The van der Waals surface area contributed by atoms with E-state index in [0.717, 1.165) is 28.1 Å². The van der Waals surface area contributed by atoms with E-state index in [1.54, 1.807) is 16.7 Å². The Morgan fingerprint density at radius 3 is 2.48 bits per heavy atom. The van der Waals surface area contributed by atoms with Crippen LogP contribution in [0, 0.1) is 0 Å². The largest absolute Gasteiger partial charge is 0.465 e. The van der Waals surface area contributed by atoms with E-state index in [9.17, 15) is 0 Å². The van der Waals surface area contributed by atoms with Crippen LogP contribution in [0.25, 0.3) is 17.7 Å². The Kier molecular flexibility index (Phi) is 7.32. The summed E-state index contributed by atoms with van der Waals surface area (Å²) in [5.74, 6) is 11.1. The number of hydrazine groups is 2. The summed E-state index contributed by atoms with van der Waals surface area (Å²) in [4.78, 5) is 8.94. The summed E-state index contributed by atoms with van der Waals surface area (Å²) < 4.78 is 5.30. The smallest absolute Gasteiger partial charge is 0.221 e. The van der Waals surface area contributed by atoms with Crippen molar-refractivity contribution >= 4 is 29.8 Å². The lowest BCUT2D eigenvalue weighted by molar-refractivity contribution is -0.109. The van der Waals surface area contributed by atoms with Gasteiger partial charge >= 0.3 is 0 Å². The van der Waals surface area contributed by atoms with Crippen LogP contribution < -0.4 is 22.1 Å². The zero-order valence-electron chi connectivity index (χ0n) is 13.3. The van der Waals surface area contributed by atoms with Gasteiger partial charge in [0.2, 0.25) is 6.41 Å². The number of anilines is 1. The maximum absolute atomic E-state index is 8.94. The molecule has 0 spiro atoms. The zero-order chi connectivity index (χ0) is 17.2. The molecule has 1 aromatic heterocycles. The van der Waals surface area contributed by atoms with E-state index in [4.69, 9.17) is 15.1 Å². The van der Waals surface area contributed by atoms with Crippen LogP contribution in [-0.2, 0) is 4.79 Å². The van der Waals surface area contributed by atoms with Gasteiger partial charge in [0.15, 0.2) is 0 Å². The molecule has 0 aliphatic heterocycles. The molecule has 1 aromatic carbocycles. The highest BCUT2D eigenvalue weighted by Crippen LogP contribution is 2.28. The highest BCUT2D eigenvalue weighted by molar-refractivity contribution is 5.84. The van der Waals surface area contributed by atoms with Crippen LogP contribution in [0.15, 0.2) is 47.6 Å². The van der Waals surface area contributed by atoms with Crippen molar-refractivity contribution in [3.63, 3.8) is 0 Å². The number of hydrogen-bond donors (Lipinski definition) is 3. The molecule has 0 aliphatic rings. The molecule has 2 rings (SSSR count). The van der Waals surface area contributed by atoms with Crippen molar-refractivity contribution in [2.45, 2.75) is 6.92 Å². The van der Waals surface area contributed by atoms with Crippen molar-refractivity contribution in [2.75, 3.05) is 12.1 Å². The van der Waals surface area contributed by atoms with E-state index in [1.165, 1.54) is 0 Å². The number of carbonyl (C=O) groups is 1. The second kappa shape index (κ2) is 9.24. The van der Waals surface area contributed by atoms with E-state index in [2.05, 4.69) is 12.4 Å². The van der Waals surface area contributed by atoms with Crippen molar-refractivity contribution in [1.29, 1.82) is 0 Å². The molecule has 0 fully saturated rings. The first-order chi connectivity index (χ1) is 11.0. The van der Waals surface area contributed by atoms with Crippen molar-refractivity contribution in [3.8, 4) is 0 Å². The molecule has 6 heteroatoms. The predicted octanol–water partition coefficient (Wildman–Crippen LogP) is 2.40. The molecule has 5 N–H and O–H groups in total. The summed E-state index contributed by atoms with van der Waals surface area (Å²) >= 11 is 0. The van der Waals surface area contributed by atoms with Gasteiger partial charge in [0.05, 0.1) is 12.0 Å². The Bertz CT molecular complexity index is 661. The fourth-order valence-electron chi connectivity index (χ4n) is 1.96. The van der Waals surface area contributed by atoms with Crippen LogP contribution in [0.2, 0.25) is 0 Å². The first-order valence-corrected chi connectivity index (χ1v) is 6.90. The Balaban J connectivity index is 0.000000593. The summed E-state index contributed by atoms with van der Waals surface area (Å²) in [6, 6.07) is 9.77. The number of rotatable bonds is 5. The summed E-state index contributed by atoms with van der Waals surface area (Å²) in [5, 5.41) is 1.61. The van der Waals surface area contributed by atoms with Crippen LogP contribution in [0.5, 0.6) is 0 Å². The maximum atomic E-state index is 8.94. The zero-order valence-corrected chi connectivity index (χ0v) is 13.3. The molecule has 0 unspecified atom stereocenters. The molecule has 1 heterocycles. The Morgan fingerprint density at radius 1 is 1.30 bits per heavy atom. The fourth-order valence-corrected chi connectivity index (χ4v) is 1.96. The molecule has 6 nitrogen and oxygen atoms in total. The predicted molar refractivity (Wildman–Crippen MR) is 94.8 cm³/mol. The topological polar surface area (TPSA) is 97.5 Å². The van der Waals surface area contributed by atoms with Gasteiger partial charge in [0.25, 0.3) is 0 Å². The highest BCUT2D eigenvalue weighted by Gasteiger charge is 2.08. The van der Waals surface area contributed by atoms with Gasteiger partial charge in [-0.2, -0.15) is 0 Å². The van der Waals surface area contributed by atoms with Crippen molar-refractivity contribution in [1.82, 2.24) is 5.43 Å². The molecule has 0 atom stereocenters. The summed E-state index contributed by atoms with van der Waals surface area (Å²) in [6.45, 7) is 6.00. The third-order valence-corrected chi connectivity index (χ3v) is 2.95. The number of carbonyl (C=O) groups excluding carboxylic acids is 1. The van der Waals surface area contributed by atoms with E-state index in [1.807, 2.05) is 56.5 Å². The Morgan fingerprint density at radius 2 is 2.00 bits per heavy atom. The van der Waals surface area contributed by atoms with Crippen molar-refractivity contribution < 1.29 is 9.21 Å². The van der Waals surface area contributed by atoms with Crippen LogP contribution in [0.3, 0.4) is 0 Å². The summed E-state index contributed by atoms with van der Waals surface area (Å²) in [5.41, 5.74) is 5.82. The van der Waals surface area contributed by atoms with Crippen LogP contribution >= 0.6 is 0 Å². The van der Waals surface area contributed by atoms with E-state index >= 15 is 0 Å². The monoisotopic (exact) mass is 314 g/mol. The molecule has 2 aromatic rings. The number of nitrogens with zero attached hydrogens (tertiary/aromatic N) is 1. The van der Waals surface area contributed by atoms with Gasteiger partial charge in [0.1, 0.15) is 5.76 Å². The molecule has 0 aliphatic carbocycles. The van der Waals surface area contributed by atoms with E-state index in [0.29, 0.717) is 6.41 Å². The lowest BCUT2D eigenvalue weighted by Gasteiger charge is -2.18. The van der Waals surface area contributed by atoms with E-state index in [-0.39, 0.29) is 0 Å². The third kappa shape index (κ3) is 5.46. The second-order valence-electron chi connectivity index (χ2n) is 4.76. The number of allylic oxidation sites excluding steroid dienone is 1. The van der Waals surface area contributed by atoms with Crippen molar-refractivity contribution in [3.05, 3.63) is 60.1 Å². The molecule has 23 heavy (non-hydrogen) atoms. The summed E-state index contributed by atoms with van der Waals surface area (Å²) in [7, 11) is 1.82. The molecular formula is C17H22N4O2. The van der Waals surface area contributed by atoms with Crippen LogP contribution in [0.1, 0.15) is 23.8 Å². The first kappa shape index (κ1) is 18.2. The van der Waals surface area contributed by atoms with Gasteiger partial charge in [-0.3, -0.25) is 10.2 Å². The van der Waals surface area contributed by atoms with Gasteiger partial charge in [-0.1, -0.05) is 24.3 Å². The summed E-state index contributed by atoms with van der Waals surface area (Å²) in [6.07, 6.45) is 5.98. The maximum Gasteiger partial charge on any atom is 0.221 e.